The van der Waals surface area contributed by atoms with Crippen molar-refractivity contribution in [3.63, 3.8) is 0 Å². The van der Waals surface area contributed by atoms with Crippen molar-refractivity contribution in [2.24, 2.45) is 5.73 Å². The van der Waals surface area contributed by atoms with Gasteiger partial charge in [-0.15, -0.1) is 0 Å². The van der Waals surface area contributed by atoms with E-state index in [0.717, 1.165) is 24.8 Å². The van der Waals surface area contributed by atoms with Gasteiger partial charge in [0.2, 0.25) is 0 Å². The molecule has 1 saturated heterocycles. The van der Waals surface area contributed by atoms with Crippen LogP contribution in [0.4, 0.5) is 8.78 Å². The third-order valence-corrected chi connectivity index (χ3v) is 4.85. The molecule has 2 heterocycles. The van der Waals surface area contributed by atoms with Gasteiger partial charge in [-0.2, -0.15) is 5.10 Å². The predicted molar refractivity (Wildman–Crippen MR) is 95.9 cm³/mol. The van der Waals surface area contributed by atoms with Crippen molar-refractivity contribution in [2.45, 2.75) is 18.5 Å². The zero-order chi connectivity index (χ0) is 18.1. The first-order chi connectivity index (χ1) is 12.6. The summed E-state index contributed by atoms with van der Waals surface area (Å²) >= 11 is 0. The van der Waals surface area contributed by atoms with Crippen LogP contribution in [0.15, 0.2) is 60.8 Å². The first-order valence-corrected chi connectivity index (χ1v) is 8.63. The van der Waals surface area contributed by atoms with Crippen LogP contribution >= 0.6 is 0 Å². The largest absolute Gasteiger partial charge is 0.326 e. The number of hydrogen-bond acceptors (Lipinski definition) is 3. The second-order valence-corrected chi connectivity index (χ2v) is 6.72. The van der Waals surface area contributed by atoms with Crippen LogP contribution in [0.2, 0.25) is 0 Å². The minimum Gasteiger partial charge on any atom is -0.326 e. The Morgan fingerprint density at radius 2 is 1.85 bits per heavy atom. The van der Waals surface area contributed by atoms with Crippen LogP contribution in [0.3, 0.4) is 0 Å². The first-order valence-electron chi connectivity index (χ1n) is 8.63. The highest BCUT2D eigenvalue weighted by molar-refractivity contribution is 5.33. The van der Waals surface area contributed by atoms with Crippen molar-refractivity contribution in [1.82, 2.24) is 14.7 Å². The third-order valence-electron chi connectivity index (χ3n) is 4.85. The van der Waals surface area contributed by atoms with Crippen molar-refractivity contribution in [3.8, 4) is 5.69 Å². The Kier molecular flexibility index (Phi) is 4.53. The predicted octanol–water partition coefficient (Wildman–Crippen LogP) is 3.08. The average Bonchev–Trinajstić information content (AvgIpc) is 3.22. The summed E-state index contributed by atoms with van der Waals surface area (Å²) in [5.74, 6) is -0.934. The Morgan fingerprint density at radius 3 is 2.62 bits per heavy atom. The number of nitrogens with zero attached hydrogens (tertiary/aromatic N) is 3. The van der Waals surface area contributed by atoms with Gasteiger partial charge < -0.3 is 5.73 Å². The number of nitrogens with two attached hydrogens (primary N) is 1. The van der Waals surface area contributed by atoms with Gasteiger partial charge in [0, 0.05) is 43.9 Å². The second-order valence-electron chi connectivity index (χ2n) is 6.72. The molecule has 1 fully saturated rings. The quantitative estimate of drug-likeness (QED) is 0.783. The minimum absolute atomic E-state index is 0.0778. The lowest BCUT2D eigenvalue weighted by atomic mass is 9.95. The summed E-state index contributed by atoms with van der Waals surface area (Å²) in [7, 11) is 0. The molecule has 1 aromatic heterocycles. The first kappa shape index (κ1) is 16.9. The maximum Gasteiger partial charge on any atom is 0.151 e. The fourth-order valence-electron chi connectivity index (χ4n) is 3.57. The summed E-state index contributed by atoms with van der Waals surface area (Å²) in [6, 6.07) is 15.7. The summed E-state index contributed by atoms with van der Waals surface area (Å²) in [6.45, 7) is 2.30. The normalized spacial score (nSPS) is 20.6. The zero-order valence-electron chi connectivity index (χ0n) is 14.2. The molecule has 0 aliphatic carbocycles. The Hall–Kier alpha value is -2.57. The lowest BCUT2D eigenvalue weighted by Gasteiger charge is -2.15. The van der Waals surface area contributed by atoms with Gasteiger partial charge in [0.15, 0.2) is 5.82 Å². The molecule has 2 N–H and O–H groups in total. The molecule has 0 amide bonds. The highest BCUT2D eigenvalue weighted by Crippen LogP contribution is 2.27. The van der Waals surface area contributed by atoms with E-state index in [1.165, 1.54) is 22.4 Å². The number of benzene rings is 2. The Morgan fingerprint density at radius 1 is 1.04 bits per heavy atom. The molecule has 0 bridgehead atoms. The van der Waals surface area contributed by atoms with Crippen LogP contribution in [0.25, 0.3) is 5.69 Å². The van der Waals surface area contributed by atoms with E-state index in [4.69, 9.17) is 5.73 Å². The van der Waals surface area contributed by atoms with Gasteiger partial charge >= 0.3 is 0 Å². The molecule has 2 aromatic carbocycles. The minimum atomic E-state index is -0.632. The molecule has 0 radical (unpaired) electrons. The molecule has 1 aliphatic heterocycles. The molecule has 4 rings (SSSR count). The molecule has 0 saturated carbocycles. The SMILES string of the molecule is N[C@@H]1CN(Cc2ccn(-c3ccc(F)cc3F)n2)C[C@H]1c1ccccc1. The molecule has 26 heavy (non-hydrogen) atoms. The van der Waals surface area contributed by atoms with E-state index >= 15 is 0 Å². The van der Waals surface area contributed by atoms with Gasteiger partial charge in [-0.3, -0.25) is 4.90 Å². The monoisotopic (exact) mass is 354 g/mol. The number of halogens is 2. The number of rotatable bonds is 4. The molecule has 1 aliphatic rings. The highest BCUT2D eigenvalue weighted by atomic mass is 19.1. The second kappa shape index (κ2) is 6.97. The van der Waals surface area contributed by atoms with Gasteiger partial charge in [0.05, 0.1) is 5.69 Å². The summed E-state index contributed by atoms with van der Waals surface area (Å²) in [5.41, 5.74) is 8.65. The van der Waals surface area contributed by atoms with Crippen molar-refractivity contribution in [3.05, 3.63) is 83.7 Å². The van der Waals surface area contributed by atoms with E-state index in [0.29, 0.717) is 12.5 Å². The number of hydrogen-bond donors (Lipinski definition) is 1. The molecular weight excluding hydrogens is 334 g/mol. The summed E-state index contributed by atoms with van der Waals surface area (Å²) in [4.78, 5) is 2.26. The third kappa shape index (κ3) is 3.38. The lowest BCUT2D eigenvalue weighted by molar-refractivity contribution is 0.319. The van der Waals surface area contributed by atoms with Gasteiger partial charge in [0.25, 0.3) is 0 Å². The van der Waals surface area contributed by atoms with E-state index in [1.807, 2.05) is 24.3 Å². The Bertz CT molecular complexity index is 894. The van der Waals surface area contributed by atoms with Crippen LogP contribution in [0, 0.1) is 11.6 Å². The maximum absolute atomic E-state index is 13.9. The van der Waals surface area contributed by atoms with Crippen LogP contribution < -0.4 is 5.73 Å². The average molecular weight is 354 g/mol. The lowest BCUT2D eigenvalue weighted by Crippen LogP contribution is -2.28. The van der Waals surface area contributed by atoms with Crippen molar-refractivity contribution in [1.29, 1.82) is 0 Å². The zero-order valence-corrected chi connectivity index (χ0v) is 14.2. The van der Waals surface area contributed by atoms with E-state index < -0.39 is 11.6 Å². The topological polar surface area (TPSA) is 47.1 Å². The molecule has 0 unspecified atom stereocenters. The van der Waals surface area contributed by atoms with Crippen LogP contribution in [0.1, 0.15) is 17.2 Å². The van der Waals surface area contributed by atoms with Crippen molar-refractivity contribution < 1.29 is 8.78 Å². The molecule has 6 heteroatoms. The molecule has 3 aromatic rings. The van der Waals surface area contributed by atoms with Crippen LogP contribution in [0.5, 0.6) is 0 Å². The number of aromatic nitrogens is 2. The smallest absolute Gasteiger partial charge is 0.151 e. The molecule has 4 nitrogen and oxygen atoms in total. The standard InChI is InChI=1S/C20H20F2N4/c21-15-6-7-20(18(22)10-15)26-9-8-16(24-26)11-25-12-17(19(23)13-25)14-4-2-1-3-5-14/h1-10,17,19H,11-13,23H2/t17-,19+/m0/s1. The molecule has 2 atom stereocenters. The summed E-state index contributed by atoms with van der Waals surface area (Å²) in [6.07, 6.45) is 1.69. The maximum atomic E-state index is 13.9. The van der Waals surface area contributed by atoms with Crippen molar-refractivity contribution in [2.75, 3.05) is 13.1 Å². The van der Waals surface area contributed by atoms with Gasteiger partial charge in [-0.25, -0.2) is 13.5 Å². The number of likely N-dealkylation sites (tertiary alicyclic amines) is 1. The van der Waals surface area contributed by atoms with E-state index in [9.17, 15) is 8.78 Å². The Balaban J connectivity index is 1.46. The van der Waals surface area contributed by atoms with E-state index in [2.05, 4.69) is 22.1 Å². The van der Waals surface area contributed by atoms with Crippen LogP contribution in [-0.4, -0.2) is 33.8 Å². The van der Waals surface area contributed by atoms with Crippen LogP contribution in [-0.2, 0) is 6.54 Å². The fraction of sp³-hybridized carbons (Fsp3) is 0.250. The van der Waals surface area contributed by atoms with E-state index in [-0.39, 0.29) is 11.7 Å². The van der Waals surface area contributed by atoms with Gasteiger partial charge in [-0.05, 0) is 23.8 Å². The Labute approximate surface area is 150 Å². The fourth-order valence-corrected chi connectivity index (χ4v) is 3.57. The highest BCUT2D eigenvalue weighted by Gasteiger charge is 2.31. The van der Waals surface area contributed by atoms with Gasteiger partial charge in [-0.1, -0.05) is 30.3 Å². The summed E-state index contributed by atoms with van der Waals surface area (Å²) in [5, 5.41) is 4.43. The molecule has 0 spiro atoms. The molecular formula is C20H20F2N4. The van der Waals surface area contributed by atoms with E-state index in [1.54, 1.807) is 6.20 Å². The van der Waals surface area contributed by atoms with Crippen molar-refractivity contribution >= 4 is 0 Å². The molecule has 134 valence electrons. The van der Waals surface area contributed by atoms with Gasteiger partial charge in [0.1, 0.15) is 11.5 Å². The summed E-state index contributed by atoms with van der Waals surface area (Å²) < 4.78 is 28.4.